The molecule has 0 aliphatic heterocycles. The number of ether oxygens (including phenoxy) is 1. The number of rotatable bonds is 8. The predicted molar refractivity (Wildman–Crippen MR) is 106 cm³/mol. The molecule has 6 nitrogen and oxygen atoms in total. The lowest BCUT2D eigenvalue weighted by Crippen LogP contribution is -2.32. The lowest BCUT2D eigenvalue weighted by atomic mass is 10.2. The molecule has 2 rings (SSSR count). The highest BCUT2D eigenvalue weighted by molar-refractivity contribution is 7.15. The van der Waals surface area contributed by atoms with Gasteiger partial charge in [0.15, 0.2) is 0 Å². The lowest BCUT2D eigenvalue weighted by molar-refractivity contribution is -0.137. The molecular formula is C19H25F3N4O2S. The summed E-state index contributed by atoms with van der Waals surface area (Å²) in [7, 11) is 0. The summed E-state index contributed by atoms with van der Waals surface area (Å²) in [5.41, 5.74) is -0.676. The van der Waals surface area contributed by atoms with E-state index in [4.69, 9.17) is 4.74 Å². The number of nitrogens with one attached hydrogen (secondary N) is 2. The number of carbonyl (C=O) groups excluding carboxylic acids is 1. The molecule has 0 saturated heterocycles. The minimum absolute atomic E-state index is 0.416. The minimum Gasteiger partial charge on any atom is -0.444 e. The van der Waals surface area contributed by atoms with E-state index in [1.807, 2.05) is 20.8 Å². The smallest absolute Gasteiger partial charge is 0.416 e. The van der Waals surface area contributed by atoms with Gasteiger partial charge in [-0.05, 0) is 57.9 Å². The highest BCUT2D eigenvalue weighted by Gasteiger charge is 2.29. The first-order valence-electron chi connectivity index (χ1n) is 9.26. The van der Waals surface area contributed by atoms with Gasteiger partial charge in [0.2, 0.25) is 5.13 Å². The first-order valence-corrected chi connectivity index (χ1v) is 10.1. The van der Waals surface area contributed by atoms with Crippen LogP contribution in [0.2, 0.25) is 0 Å². The van der Waals surface area contributed by atoms with Crippen molar-refractivity contribution in [3.8, 4) is 0 Å². The van der Waals surface area contributed by atoms with Gasteiger partial charge in [-0.25, -0.2) is 4.79 Å². The summed E-state index contributed by atoms with van der Waals surface area (Å²) in [6.45, 7) is 5.99. The third-order valence-electron chi connectivity index (χ3n) is 3.67. The van der Waals surface area contributed by atoms with Crippen LogP contribution in [0.3, 0.4) is 0 Å². The first-order chi connectivity index (χ1) is 13.5. The van der Waals surface area contributed by atoms with Gasteiger partial charge in [-0.2, -0.15) is 13.2 Å². The molecule has 2 aromatic rings. The van der Waals surface area contributed by atoms with Gasteiger partial charge in [-0.15, -0.1) is 10.2 Å². The van der Waals surface area contributed by atoms with Crippen molar-refractivity contribution >= 4 is 28.2 Å². The Hall–Kier alpha value is -2.36. The van der Waals surface area contributed by atoms with Gasteiger partial charge in [-0.3, -0.25) is 0 Å². The number of aromatic nitrogens is 2. The third kappa shape index (κ3) is 8.68. The number of hydrogen-bond donors (Lipinski definition) is 2. The van der Waals surface area contributed by atoms with Crippen LogP contribution >= 0.6 is 11.3 Å². The van der Waals surface area contributed by atoms with E-state index in [2.05, 4.69) is 20.8 Å². The molecule has 0 aliphatic rings. The van der Waals surface area contributed by atoms with E-state index < -0.39 is 23.4 Å². The van der Waals surface area contributed by atoms with Crippen LogP contribution in [-0.4, -0.2) is 28.4 Å². The van der Waals surface area contributed by atoms with Gasteiger partial charge < -0.3 is 15.4 Å². The maximum absolute atomic E-state index is 12.6. The quantitative estimate of drug-likeness (QED) is 0.538. The SMILES string of the molecule is CC(C)(C)OC(=O)NCCCCCc1nnc(Nc2ccc(C(F)(F)F)cc2)s1. The highest BCUT2D eigenvalue weighted by Crippen LogP contribution is 2.30. The van der Waals surface area contributed by atoms with Crippen molar-refractivity contribution in [1.82, 2.24) is 15.5 Å². The Morgan fingerprint density at radius 2 is 1.76 bits per heavy atom. The van der Waals surface area contributed by atoms with Crippen LogP contribution in [0.5, 0.6) is 0 Å². The zero-order chi connectivity index (χ0) is 21.5. The van der Waals surface area contributed by atoms with Crippen molar-refractivity contribution in [2.45, 2.75) is 58.2 Å². The number of halogens is 3. The van der Waals surface area contributed by atoms with Crippen LogP contribution in [0.15, 0.2) is 24.3 Å². The van der Waals surface area contributed by atoms with Crippen LogP contribution in [0.1, 0.15) is 50.6 Å². The molecule has 2 N–H and O–H groups in total. The molecule has 10 heteroatoms. The molecule has 0 radical (unpaired) electrons. The number of benzene rings is 1. The fraction of sp³-hybridized carbons (Fsp3) is 0.526. The number of amides is 1. The van der Waals surface area contributed by atoms with Crippen molar-refractivity contribution < 1.29 is 22.7 Å². The van der Waals surface area contributed by atoms with Crippen LogP contribution in [0, 0.1) is 0 Å². The monoisotopic (exact) mass is 430 g/mol. The Bertz CT molecular complexity index is 786. The number of nitrogens with zero attached hydrogens (tertiary/aromatic N) is 2. The molecule has 1 amide bonds. The number of anilines is 2. The molecule has 1 aromatic heterocycles. The van der Waals surface area contributed by atoms with E-state index in [-0.39, 0.29) is 0 Å². The normalized spacial score (nSPS) is 11.9. The number of unbranched alkanes of at least 4 members (excludes halogenated alkanes) is 2. The number of alkyl carbamates (subject to hydrolysis) is 1. The van der Waals surface area contributed by atoms with Crippen molar-refractivity contribution in [3.63, 3.8) is 0 Å². The molecule has 0 aliphatic carbocycles. The van der Waals surface area contributed by atoms with Crippen molar-refractivity contribution in [2.24, 2.45) is 0 Å². The molecule has 1 heterocycles. The van der Waals surface area contributed by atoms with Crippen LogP contribution < -0.4 is 10.6 Å². The zero-order valence-corrected chi connectivity index (χ0v) is 17.4. The fourth-order valence-corrected chi connectivity index (χ4v) is 3.16. The summed E-state index contributed by atoms with van der Waals surface area (Å²) in [5, 5.41) is 15.2. The Kier molecular flexibility index (Phi) is 7.83. The van der Waals surface area contributed by atoms with Crippen LogP contribution in [0.25, 0.3) is 0 Å². The molecule has 160 valence electrons. The average molecular weight is 430 g/mol. The fourth-order valence-electron chi connectivity index (χ4n) is 2.35. The molecule has 0 unspecified atom stereocenters. The van der Waals surface area contributed by atoms with Gasteiger partial charge in [0.1, 0.15) is 10.6 Å². The molecule has 0 spiro atoms. The Morgan fingerprint density at radius 1 is 1.07 bits per heavy atom. The summed E-state index contributed by atoms with van der Waals surface area (Å²) in [6.07, 6.45) is -1.38. The largest absolute Gasteiger partial charge is 0.444 e. The minimum atomic E-state index is -4.35. The van der Waals surface area contributed by atoms with Gasteiger partial charge in [-0.1, -0.05) is 17.8 Å². The van der Waals surface area contributed by atoms with Crippen molar-refractivity contribution in [1.29, 1.82) is 0 Å². The van der Waals surface area contributed by atoms with Gasteiger partial charge in [0, 0.05) is 18.7 Å². The molecule has 0 bridgehead atoms. The van der Waals surface area contributed by atoms with E-state index >= 15 is 0 Å². The molecule has 0 atom stereocenters. The molecule has 0 fully saturated rings. The third-order valence-corrected chi connectivity index (χ3v) is 4.56. The summed E-state index contributed by atoms with van der Waals surface area (Å²) >= 11 is 1.37. The Balaban J connectivity index is 1.67. The summed E-state index contributed by atoms with van der Waals surface area (Å²) in [5.74, 6) is 0. The van der Waals surface area contributed by atoms with Gasteiger partial charge >= 0.3 is 12.3 Å². The van der Waals surface area contributed by atoms with Gasteiger partial charge in [0.25, 0.3) is 0 Å². The summed E-state index contributed by atoms with van der Waals surface area (Å²) in [6, 6.07) is 4.77. The Morgan fingerprint density at radius 3 is 2.38 bits per heavy atom. The number of alkyl halides is 3. The second-order valence-corrected chi connectivity index (χ2v) is 8.50. The second kappa shape index (κ2) is 9.91. The maximum Gasteiger partial charge on any atom is 0.416 e. The topological polar surface area (TPSA) is 76.1 Å². The van der Waals surface area contributed by atoms with E-state index in [1.54, 1.807) is 0 Å². The van der Waals surface area contributed by atoms with Crippen molar-refractivity contribution in [2.75, 3.05) is 11.9 Å². The molecule has 0 saturated carbocycles. The second-order valence-electron chi connectivity index (χ2n) is 7.44. The molecule has 29 heavy (non-hydrogen) atoms. The maximum atomic E-state index is 12.6. The summed E-state index contributed by atoms with van der Waals surface area (Å²) in [4.78, 5) is 11.5. The average Bonchev–Trinajstić information content (AvgIpc) is 3.03. The predicted octanol–water partition coefficient (Wildman–Crippen LogP) is 5.54. The zero-order valence-electron chi connectivity index (χ0n) is 16.6. The first kappa shape index (κ1) is 22.9. The molecule has 1 aromatic carbocycles. The standard InChI is InChI=1S/C19H25F3N4O2S/c1-18(2,3)28-17(27)23-12-6-4-5-7-15-25-26-16(29-15)24-14-10-8-13(9-11-14)19(20,21)22/h8-11H,4-7,12H2,1-3H3,(H,23,27)(H,24,26). The highest BCUT2D eigenvalue weighted by atomic mass is 32.1. The van der Waals surface area contributed by atoms with E-state index in [0.717, 1.165) is 42.8 Å². The van der Waals surface area contributed by atoms with E-state index in [0.29, 0.717) is 17.4 Å². The summed E-state index contributed by atoms with van der Waals surface area (Å²) < 4.78 is 42.9. The van der Waals surface area contributed by atoms with E-state index in [9.17, 15) is 18.0 Å². The molecular weight excluding hydrogens is 405 g/mol. The number of carbonyl (C=O) groups is 1. The van der Waals surface area contributed by atoms with Crippen LogP contribution in [-0.2, 0) is 17.3 Å². The lowest BCUT2D eigenvalue weighted by Gasteiger charge is -2.19. The Labute approximate surface area is 171 Å². The van der Waals surface area contributed by atoms with Crippen molar-refractivity contribution in [3.05, 3.63) is 34.8 Å². The van der Waals surface area contributed by atoms with E-state index in [1.165, 1.54) is 23.5 Å². The number of aryl methyl sites for hydroxylation is 1. The van der Waals surface area contributed by atoms with Gasteiger partial charge in [0.05, 0.1) is 5.56 Å². The number of hydrogen-bond acceptors (Lipinski definition) is 6. The van der Waals surface area contributed by atoms with Crippen LogP contribution in [0.4, 0.5) is 28.8 Å².